The van der Waals surface area contributed by atoms with Gasteiger partial charge in [0.05, 0.1) is 5.69 Å². The molecule has 4 saturated carbocycles. The molecular formula is C27H33NO. The predicted molar refractivity (Wildman–Crippen MR) is 120 cm³/mol. The third-order valence-electron chi connectivity index (χ3n) is 7.76. The van der Waals surface area contributed by atoms with E-state index in [1.165, 1.54) is 49.7 Å². The highest BCUT2D eigenvalue weighted by Gasteiger charge is 2.51. The van der Waals surface area contributed by atoms with Crippen LogP contribution in [0.4, 0.5) is 5.69 Å². The lowest BCUT2D eigenvalue weighted by molar-refractivity contribution is -0.00520. The minimum absolute atomic E-state index is 0.146. The number of phenolic OH excluding ortho intramolecular Hbond substituents is 1. The topological polar surface area (TPSA) is 32.6 Å². The van der Waals surface area contributed by atoms with E-state index in [1.54, 1.807) is 0 Å². The van der Waals surface area contributed by atoms with Crippen LogP contribution in [0.15, 0.2) is 47.5 Å². The van der Waals surface area contributed by atoms with Gasteiger partial charge in [0.15, 0.2) is 0 Å². The van der Waals surface area contributed by atoms with Crippen molar-refractivity contribution in [2.24, 2.45) is 22.7 Å². The molecule has 0 heterocycles. The van der Waals surface area contributed by atoms with Gasteiger partial charge in [-0.25, -0.2) is 0 Å². The first-order chi connectivity index (χ1) is 13.8. The second-order valence-corrected chi connectivity index (χ2v) is 11.0. The summed E-state index contributed by atoms with van der Waals surface area (Å²) < 4.78 is 0. The zero-order chi connectivity index (χ0) is 20.2. The van der Waals surface area contributed by atoms with Crippen LogP contribution in [0.5, 0.6) is 5.75 Å². The van der Waals surface area contributed by atoms with Crippen LogP contribution in [0.2, 0.25) is 0 Å². The summed E-state index contributed by atoms with van der Waals surface area (Å²) in [7, 11) is 0. The Kier molecular flexibility index (Phi) is 4.38. The quantitative estimate of drug-likeness (QED) is 0.570. The average Bonchev–Trinajstić information content (AvgIpc) is 2.66. The smallest absolute Gasteiger partial charge is 0.124 e. The Morgan fingerprint density at radius 2 is 1.48 bits per heavy atom. The number of aliphatic imine (C=N–C) groups is 1. The molecular weight excluding hydrogens is 354 g/mol. The van der Waals surface area contributed by atoms with Gasteiger partial charge in [-0.05, 0) is 103 Å². The number of phenols is 1. The maximum absolute atomic E-state index is 10.5. The second-order valence-electron chi connectivity index (χ2n) is 11.0. The maximum Gasteiger partial charge on any atom is 0.124 e. The van der Waals surface area contributed by atoms with E-state index in [2.05, 4.69) is 62.2 Å². The molecule has 2 heteroatoms. The van der Waals surface area contributed by atoms with Crippen LogP contribution >= 0.6 is 0 Å². The molecule has 0 radical (unpaired) electrons. The fourth-order valence-electron chi connectivity index (χ4n) is 6.64. The van der Waals surface area contributed by atoms with E-state index in [0.717, 1.165) is 29.0 Å². The van der Waals surface area contributed by atoms with Gasteiger partial charge in [-0.2, -0.15) is 0 Å². The zero-order valence-electron chi connectivity index (χ0n) is 18.0. The van der Waals surface area contributed by atoms with E-state index in [9.17, 15) is 5.11 Å². The maximum atomic E-state index is 10.5. The Bertz CT molecular complexity index is 897. The van der Waals surface area contributed by atoms with E-state index < -0.39 is 0 Å². The minimum atomic E-state index is 0.146. The average molecular weight is 388 g/mol. The van der Waals surface area contributed by atoms with Crippen LogP contribution < -0.4 is 0 Å². The molecule has 4 bridgehead atoms. The molecule has 29 heavy (non-hydrogen) atoms. The summed E-state index contributed by atoms with van der Waals surface area (Å²) in [4.78, 5) is 4.66. The van der Waals surface area contributed by atoms with Gasteiger partial charge in [0.1, 0.15) is 5.75 Å². The Morgan fingerprint density at radius 3 is 2.03 bits per heavy atom. The fourth-order valence-corrected chi connectivity index (χ4v) is 6.64. The first-order valence-corrected chi connectivity index (χ1v) is 11.3. The molecule has 152 valence electrons. The van der Waals surface area contributed by atoms with Gasteiger partial charge in [-0.3, -0.25) is 4.99 Å². The van der Waals surface area contributed by atoms with Crippen molar-refractivity contribution in [2.75, 3.05) is 0 Å². The highest BCUT2D eigenvalue weighted by Crippen LogP contribution is 2.60. The first-order valence-electron chi connectivity index (χ1n) is 11.3. The number of benzene rings is 2. The molecule has 0 atom stereocenters. The summed E-state index contributed by atoms with van der Waals surface area (Å²) >= 11 is 0. The lowest BCUT2D eigenvalue weighted by Gasteiger charge is -2.57. The Labute approximate surface area is 175 Å². The summed E-state index contributed by atoms with van der Waals surface area (Å²) in [6.07, 6.45) is 10.2. The number of hydrogen-bond acceptors (Lipinski definition) is 2. The van der Waals surface area contributed by atoms with Gasteiger partial charge in [-0.1, -0.05) is 39.0 Å². The Morgan fingerprint density at radius 1 is 0.897 bits per heavy atom. The van der Waals surface area contributed by atoms with Gasteiger partial charge >= 0.3 is 0 Å². The lowest BCUT2D eigenvalue weighted by Crippen LogP contribution is -2.48. The second kappa shape index (κ2) is 6.72. The van der Waals surface area contributed by atoms with Crippen LogP contribution in [0, 0.1) is 17.8 Å². The van der Waals surface area contributed by atoms with Crippen molar-refractivity contribution in [1.29, 1.82) is 0 Å². The van der Waals surface area contributed by atoms with Gasteiger partial charge in [0.25, 0.3) is 0 Å². The Hall–Kier alpha value is -2.09. The highest BCUT2D eigenvalue weighted by atomic mass is 16.3. The van der Waals surface area contributed by atoms with Crippen LogP contribution in [0.3, 0.4) is 0 Å². The molecule has 2 aromatic rings. The molecule has 4 aliphatic rings. The van der Waals surface area contributed by atoms with Crippen LogP contribution in [0.1, 0.15) is 76.0 Å². The SMILES string of the molecule is CC(C)(C)c1ccc(N=Cc2cc(C34CC5CC(CC(C5)C3)C4)ccc2O)cc1. The van der Waals surface area contributed by atoms with Crippen molar-refractivity contribution in [3.63, 3.8) is 0 Å². The van der Waals surface area contributed by atoms with E-state index in [-0.39, 0.29) is 5.41 Å². The molecule has 0 saturated heterocycles. The van der Waals surface area contributed by atoms with Crippen molar-refractivity contribution >= 4 is 11.9 Å². The molecule has 0 aliphatic heterocycles. The van der Waals surface area contributed by atoms with Crippen molar-refractivity contribution in [3.8, 4) is 5.75 Å². The predicted octanol–water partition coefficient (Wildman–Crippen LogP) is 6.91. The summed E-state index contributed by atoms with van der Waals surface area (Å²) in [5.74, 6) is 3.10. The summed E-state index contributed by atoms with van der Waals surface area (Å²) in [6.45, 7) is 6.66. The minimum Gasteiger partial charge on any atom is -0.507 e. The van der Waals surface area contributed by atoms with E-state index in [0.29, 0.717) is 11.2 Å². The molecule has 0 unspecified atom stereocenters. The molecule has 2 nitrogen and oxygen atoms in total. The van der Waals surface area contributed by atoms with Crippen molar-refractivity contribution in [1.82, 2.24) is 0 Å². The van der Waals surface area contributed by atoms with Gasteiger partial charge < -0.3 is 5.11 Å². The highest BCUT2D eigenvalue weighted by molar-refractivity contribution is 5.85. The van der Waals surface area contributed by atoms with E-state index in [4.69, 9.17) is 0 Å². The standard InChI is InChI=1S/C27H33NO/c1-26(2,3)22-4-7-24(8-5-22)28-17-21-13-23(6-9-25(21)29)27-14-18-10-19(15-27)12-20(11-18)16-27/h4-9,13,17-20,29H,10-12,14-16H2,1-3H3. The number of rotatable bonds is 3. The molecule has 2 aromatic carbocycles. The summed E-state index contributed by atoms with van der Waals surface area (Å²) in [6, 6.07) is 14.7. The molecule has 6 rings (SSSR count). The van der Waals surface area contributed by atoms with E-state index in [1.807, 2.05) is 12.3 Å². The molecule has 0 aromatic heterocycles. The van der Waals surface area contributed by atoms with Gasteiger partial charge in [0, 0.05) is 11.8 Å². The van der Waals surface area contributed by atoms with E-state index >= 15 is 0 Å². The van der Waals surface area contributed by atoms with Crippen molar-refractivity contribution < 1.29 is 5.11 Å². The summed E-state index contributed by atoms with van der Waals surface area (Å²) in [5, 5.41) is 10.5. The molecule has 0 spiro atoms. The Balaban J connectivity index is 1.41. The molecule has 4 aliphatic carbocycles. The molecule has 0 amide bonds. The number of nitrogens with zero attached hydrogens (tertiary/aromatic N) is 1. The molecule has 1 N–H and O–H groups in total. The van der Waals surface area contributed by atoms with Gasteiger partial charge in [0.2, 0.25) is 0 Å². The lowest BCUT2D eigenvalue weighted by atomic mass is 9.48. The fraction of sp³-hybridized carbons (Fsp3) is 0.519. The van der Waals surface area contributed by atoms with Gasteiger partial charge in [-0.15, -0.1) is 0 Å². The third-order valence-corrected chi connectivity index (χ3v) is 7.76. The first kappa shape index (κ1) is 18.9. The summed E-state index contributed by atoms with van der Waals surface area (Å²) in [5.41, 5.74) is 5.00. The monoisotopic (exact) mass is 387 g/mol. The number of aromatic hydroxyl groups is 1. The van der Waals surface area contributed by atoms with Crippen LogP contribution in [-0.4, -0.2) is 11.3 Å². The van der Waals surface area contributed by atoms with Crippen LogP contribution in [-0.2, 0) is 10.8 Å². The molecule has 4 fully saturated rings. The normalized spacial score (nSPS) is 30.9. The largest absolute Gasteiger partial charge is 0.507 e. The number of hydrogen-bond donors (Lipinski definition) is 1. The van der Waals surface area contributed by atoms with Crippen molar-refractivity contribution in [2.45, 2.75) is 70.1 Å². The van der Waals surface area contributed by atoms with Crippen molar-refractivity contribution in [3.05, 3.63) is 59.2 Å². The third kappa shape index (κ3) is 3.52. The zero-order valence-corrected chi connectivity index (χ0v) is 18.0. The van der Waals surface area contributed by atoms with Crippen LogP contribution in [0.25, 0.3) is 0 Å².